The van der Waals surface area contributed by atoms with Gasteiger partial charge in [-0.05, 0) is 61.4 Å². The van der Waals surface area contributed by atoms with Gasteiger partial charge in [0.2, 0.25) is 12.2 Å². The summed E-state index contributed by atoms with van der Waals surface area (Å²) in [4.78, 5) is 12.9. The van der Waals surface area contributed by atoms with Crippen LogP contribution in [0.2, 0.25) is 0 Å². The predicted octanol–water partition coefficient (Wildman–Crippen LogP) is 0.124. The third kappa shape index (κ3) is 7.01. The number of amides is 1. The van der Waals surface area contributed by atoms with Crippen LogP contribution in [0.4, 0.5) is 14.5 Å². The Kier molecular flexibility index (Phi) is 10.2. The van der Waals surface area contributed by atoms with E-state index in [9.17, 15) is 39.1 Å². The lowest BCUT2D eigenvalue weighted by molar-refractivity contribution is -0.155. The number of aliphatic hydroxyl groups is 5. The van der Waals surface area contributed by atoms with Crippen LogP contribution in [0.3, 0.4) is 0 Å². The lowest BCUT2D eigenvalue weighted by Crippen LogP contribution is -2.67. The van der Waals surface area contributed by atoms with E-state index in [-0.39, 0.29) is 36.2 Å². The second-order valence-electron chi connectivity index (χ2n) is 11.3. The molecule has 15 heteroatoms. The fourth-order valence-corrected chi connectivity index (χ4v) is 5.50. The van der Waals surface area contributed by atoms with Gasteiger partial charge in [0.05, 0.1) is 11.7 Å². The topological polar surface area (TPSA) is 202 Å². The van der Waals surface area contributed by atoms with Crippen LogP contribution in [-0.4, -0.2) is 106 Å². The molecule has 250 valence electrons. The zero-order valence-electron chi connectivity index (χ0n) is 24.8. The number of carbonyl (C=O) groups is 1. The van der Waals surface area contributed by atoms with Gasteiger partial charge in [-0.1, -0.05) is 6.07 Å². The van der Waals surface area contributed by atoms with Gasteiger partial charge in [0.25, 0.3) is 0 Å². The second-order valence-corrected chi connectivity index (χ2v) is 11.3. The summed E-state index contributed by atoms with van der Waals surface area (Å²) in [6.07, 6.45) is -7.98. The average molecular weight is 651 g/mol. The van der Waals surface area contributed by atoms with Gasteiger partial charge in [0, 0.05) is 11.6 Å². The monoisotopic (exact) mass is 650 g/mol. The third-order valence-electron chi connectivity index (χ3n) is 8.13. The summed E-state index contributed by atoms with van der Waals surface area (Å²) in [6.45, 7) is 2.95. The van der Waals surface area contributed by atoms with Crippen molar-refractivity contribution in [2.24, 2.45) is 0 Å². The molecule has 0 unspecified atom stereocenters. The number of benzene rings is 2. The SMILES string of the molecule is CC(=Cc1ccc(O[C@@H]2O[C@H](C(C)=CCOc3ccc(F)c(F)c3)[C@@H](O)[C@@H]2O)c(N)c1)C(=O)N[C@@H]1[C@H](O)[C@@H](O)[C@H]2OCO[C@H]2[C@@H]1O. The van der Waals surface area contributed by atoms with Gasteiger partial charge >= 0.3 is 0 Å². The Balaban J connectivity index is 1.18. The van der Waals surface area contributed by atoms with Gasteiger partial charge < -0.3 is 60.3 Å². The standard InChI is InChI=1S/C31H36F2N2O11/c1-13(7-8-42-16-4-5-17(32)18(33)11-16)27-25(39)26(40)31(46-27)45-20-6-3-15(10-19(20)34)9-14(2)30(41)35-21-22(36)24(38)29-28(23(21)37)43-12-44-29/h3-7,9-11,21-29,31,36-40H,8,12,34H2,1-2H3,(H,35,41)/t21-,22+,23-,24-,25+,26+,27-,28+,29-,31-/m1/s1. The molecule has 46 heavy (non-hydrogen) atoms. The molecule has 8 N–H and O–H groups in total. The van der Waals surface area contributed by atoms with E-state index in [0.717, 1.165) is 12.1 Å². The highest BCUT2D eigenvalue weighted by molar-refractivity contribution is 5.97. The van der Waals surface area contributed by atoms with Crippen LogP contribution in [0.15, 0.2) is 53.6 Å². The minimum atomic E-state index is -1.49. The normalized spacial score (nSPS) is 33.1. The molecule has 5 rings (SSSR count). The number of rotatable bonds is 9. The molecule has 2 aliphatic heterocycles. The van der Waals surface area contributed by atoms with Crippen molar-refractivity contribution in [2.75, 3.05) is 19.1 Å². The van der Waals surface area contributed by atoms with Gasteiger partial charge in [-0.25, -0.2) is 8.78 Å². The summed E-state index contributed by atoms with van der Waals surface area (Å²) in [5.74, 6) is -2.43. The first kappa shape index (κ1) is 33.7. The molecular weight excluding hydrogens is 614 g/mol. The van der Waals surface area contributed by atoms with E-state index in [2.05, 4.69) is 5.32 Å². The number of nitrogens with two attached hydrogens (primary N) is 1. The van der Waals surface area contributed by atoms with Gasteiger partial charge in [-0.3, -0.25) is 4.79 Å². The maximum absolute atomic E-state index is 13.4. The molecule has 2 saturated heterocycles. The van der Waals surface area contributed by atoms with Gasteiger partial charge in [-0.15, -0.1) is 0 Å². The molecule has 0 spiro atoms. The Morgan fingerprint density at radius 2 is 1.67 bits per heavy atom. The number of hydrogen-bond donors (Lipinski definition) is 7. The van der Waals surface area contributed by atoms with E-state index in [1.807, 2.05) is 0 Å². The smallest absolute Gasteiger partial charge is 0.247 e. The number of aliphatic hydroxyl groups excluding tert-OH is 5. The van der Waals surface area contributed by atoms with Crippen LogP contribution < -0.4 is 20.5 Å². The van der Waals surface area contributed by atoms with Crippen LogP contribution in [0.1, 0.15) is 19.4 Å². The Bertz CT molecular complexity index is 1490. The molecule has 0 bridgehead atoms. The van der Waals surface area contributed by atoms with Crippen molar-refractivity contribution >= 4 is 17.7 Å². The van der Waals surface area contributed by atoms with Gasteiger partial charge in [0.15, 0.2) is 11.6 Å². The molecule has 13 nitrogen and oxygen atoms in total. The third-order valence-corrected chi connectivity index (χ3v) is 8.13. The summed E-state index contributed by atoms with van der Waals surface area (Å²) in [5.41, 5.74) is 7.49. The Hall–Kier alpha value is -3.67. The maximum Gasteiger partial charge on any atom is 0.247 e. The van der Waals surface area contributed by atoms with E-state index in [1.54, 1.807) is 19.1 Å². The predicted molar refractivity (Wildman–Crippen MR) is 156 cm³/mol. The van der Waals surface area contributed by atoms with Crippen molar-refractivity contribution in [3.05, 3.63) is 70.8 Å². The highest BCUT2D eigenvalue weighted by Crippen LogP contribution is 2.33. The number of nitrogens with one attached hydrogen (secondary N) is 1. The summed E-state index contributed by atoms with van der Waals surface area (Å²) < 4.78 is 53.9. The first-order chi connectivity index (χ1) is 21.8. The highest BCUT2D eigenvalue weighted by atomic mass is 19.2. The lowest BCUT2D eigenvalue weighted by atomic mass is 9.83. The molecule has 3 aliphatic rings. The zero-order valence-corrected chi connectivity index (χ0v) is 24.8. The van der Waals surface area contributed by atoms with Crippen molar-refractivity contribution in [3.63, 3.8) is 0 Å². The quantitative estimate of drug-likeness (QED) is 0.110. The summed E-state index contributed by atoms with van der Waals surface area (Å²) in [6, 6.07) is 6.48. The van der Waals surface area contributed by atoms with Crippen LogP contribution in [0.5, 0.6) is 11.5 Å². The van der Waals surface area contributed by atoms with Crippen LogP contribution in [0, 0.1) is 11.6 Å². The minimum Gasteiger partial charge on any atom is -0.489 e. The number of fused-ring (bicyclic) bond motifs is 1. The largest absolute Gasteiger partial charge is 0.489 e. The molecule has 3 fully saturated rings. The molecule has 0 aromatic heterocycles. The number of ether oxygens (including phenoxy) is 5. The van der Waals surface area contributed by atoms with E-state index in [1.165, 1.54) is 31.2 Å². The lowest BCUT2D eigenvalue weighted by Gasteiger charge is -2.41. The molecule has 1 amide bonds. The van der Waals surface area contributed by atoms with E-state index < -0.39 is 78.7 Å². The molecule has 1 aliphatic carbocycles. The average Bonchev–Trinajstić information content (AvgIpc) is 3.62. The number of nitrogen functional groups attached to an aromatic ring is 1. The molecular formula is C31H36F2N2O11. The molecule has 10 atom stereocenters. The first-order valence-electron chi connectivity index (χ1n) is 14.4. The molecule has 2 heterocycles. The molecule has 2 aromatic carbocycles. The first-order valence-corrected chi connectivity index (χ1v) is 14.4. The fourth-order valence-electron chi connectivity index (χ4n) is 5.50. The highest BCUT2D eigenvalue weighted by Gasteiger charge is 2.53. The number of halogens is 2. The molecule has 0 radical (unpaired) electrons. The minimum absolute atomic E-state index is 0.0431. The van der Waals surface area contributed by atoms with Crippen LogP contribution in [-0.2, 0) is 19.0 Å². The van der Waals surface area contributed by atoms with Crippen molar-refractivity contribution in [1.29, 1.82) is 0 Å². The van der Waals surface area contributed by atoms with E-state index in [0.29, 0.717) is 11.1 Å². The molecule has 1 saturated carbocycles. The van der Waals surface area contributed by atoms with Gasteiger partial charge in [-0.2, -0.15) is 0 Å². The number of anilines is 1. The summed E-state index contributed by atoms with van der Waals surface area (Å²) >= 11 is 0. The molecule has 2 aromatic rings. The Labute approximate surface area is 262 Å². The number of hydrogen-bond acceptors (Lipinski definition) is 12. The summed E-state index contributed by atoms with van der Waals surface area (Å²) in [7, 11) is 0. The summed E-state index contributed by atoms with van der Waals surface area (Å²) in [5, 5.41) is 55.0. The van der Waals surface area contributed by atoms with Crippen molar-refractivity contribution < 1.29 is 62.8 Å². The van der Waals surface area contributed by atoms with E-state index in [4.69, 9.17) is 29.4 Å². The zero-order chi connectivity index (χ0) is 33.3. The van der Waals surface area contributed by atoms with Gasteiger partial charge in [0.1, 0.15) is 73.7 Å². The second kappa shape index (κ2) is 14.0. The Morgan fingerprint density at radius 3 is 2.37 bits per heavy atom. The maximum atomic E-state index is 13.4. The Morgan fingerprint density at radius 1 is 0.957 bits per heavy atom. The van der Waals surface area contributed by atoms with Crippen LogP contribution >= 0.6 is 0 Å². The van der Waals surface area contributed by atoms with Crippen molar-refractivity contribution in [3.8, 4) is 11.5 Å². The van der Waals surface area contributed by atoms with E-state index >= 15 is 0 Å². The van der Waals surface area contributed by atoms with Crippen molar-refractivity contribution in [1.82, 2.24) is 5.32 Å². The number of carbonyl (C=O) groups excluding carboxylic acids is 1. The fraction of sp³-hybridized carbons (Fsp3) is 0.452. The van der Waals surface area contributed by atoms with Crippen molar-refractivity contribution in [2.45, 2.75) is 75.0 Å². The van der Waals surface area contributed by atoms with Crippen LogP contribution in [0.25, 0.3) is 6.08 Å².